The van der Waals surface area contributed by atoms with Crippen molar-refractivity contribution in [1.29, 1.82) is 0 Å². The van der Waals surface area contributed by atoms with Crippen LogP contribution in [-0.4, -0.2) is 53.0 Å². The molecule has 0 saturated carbocycles. The van der Waals surface area contributed by atoms with E-state index in [9.17, 15) is 4.79 Å². The highest BCUT2D eigenvalue weighted by atomic mass is 35.5. The van der Waals surface area contributed by atoms with Gasteiger partial charge in [-0.25, -0.2) is 4.98 Å². The summed E-state index contributed by atoms with van der Waals surface area (Å²) in [7, 11) is 0. The molecule has 0 spiro atoms. The van der Waals surface area contributed by atoms with Gasteiger partial charge in [-0.3, -0.25) is 14.7 Å². The smallest absolute Gasteiger partial charge is 0.234 e. The maximum Gasteiger partial charge on any atom is 0.234 e. The van der Waals surface area contributed by atoms with Gasteiger partial charge in [0.25, 0.3) is 0 Å². The molecule has 116 valence electrons. The lowest BCUT2D eigenvalue weighted by Gasteiger charge is -2.32. The van der Waals surface area contributed by atoms with E-state index >= 15 is 0 Å². The van der Waals surface area contributed by atoms with Crippen molar-refractivity contribution in [2.24, 2.45) is 0 Å². The normalized spacial score (nSPS) is 16.7. The second-order valence-electron chi connectivity index (χ2n) is 5.27. The Morgan fingerprint density at radius 2 is 2.19 bits per heavy atom. The van der Waals surface area contributed by atoms with Crippen molar-refractivity contribution >= 4 is 23.3 Å². The molecule has 0 aromatic carbocycles. The van der Waals surface area contributed by atoms with Crippen LogP contribution in [0.25, 0.3) is 0 Å². The second kappa shape index (κ2) is 8.14. The molecule has 1 aliphatic heterocycles. The molecule has 7 heteroatoms. The summed E-state index contributed by atoms with van der Waals surface area (Å²) in [6, 6.07) is 0.354. The molecule has 0 atom stereocenters. The minimum Gasteiger partial charge on any atom is -0.366 e. The maximum atomic E-state index is 11.7. The maximum absolute atomic E-state index is 11.7. The predicted molar refractivity (Wildman–Crippen MR) is 83.4 cm³/mol. The largest absolute Gasteiger partial charge is 0.366 e. The number of carbonyl (C=O) groups is 1. The van der Waals surface area contributed by atoms with Crippen LogP contribution in [0.1, 0.15) is 26.2 Å². The van der Waals surface area contributed by atoms with Gasteiger partial charge in [0.05, 0.1) is 18.9 Å². The average Bonchev–Trinajstić information content (AvgIpc) is 2.47. The molecule has 2 heterocycles. The summed E-state index contributed by atoms with van der Waals surface area (Å²) in [4.78, 5) is 22.1. The van der Waals surface area contributed by atoms with E-state index in [0.29, 0.717) is 23.6 Å². The lowest BCUT2D eigenvalue weighted by molar-refractivity contribution is -0.122. The molecular weight excluding hydrogens is 290 g/mol. The van der Waals surface area contributed by atoms with Gasteiger partial charge in [-0.2, -0.15) is 0 Å². The highest BCUT2D eigenvalue weighted by molar-refractivity contribution is 6.29. The van der Waals surface area contributed by atoms with Gasteiger partial charge in [0, 0.05) is 25.7 Å². The fourth-order valence-corrected chi connectivity index (χ4v) is 2.53. The number of anilines is 1. The van der Waals surface area contributed by atoms with Gasteiger partial charge in [0.15, 0.2) is 0 Å². The summed E-state index contributed by atoms with van der Waals surface area (Å²) in [6.45, 7) is 5.11. The topological polar surface area (TPSA) is 70.2 Å². The monoisotopic (exact) mass is 311 g/mol. The number of carbonyl (C=O) groups excluding carboxylic acids is 1. The van der Waals surface area contributed by atoms with E-state index in [2.05, 4.69) is 32.4 Å². The molecule has 21 heavy (non-hydrogen) atoms. The van der Waals surface area contributed by atoms with Crippen LogP contribution in [0.3, 0.4) is 0 Å². The van der Waals surface area contributed by atoms with Crippen LogP contribution in [0.2, 0.25) is 5.15 Å². The third-order valence-electron chi connectivity index (χ3n) is 3.48. The first kappa shape index (κ1) is 16.0. The van der Waals surface area contributed by atoms with Crippen LogP contribution in [0.4, 0.5) is 5.82 Å². The van der Waals surface area contributed by atoms with Crippen molar-refractivity contribution in [1.82, 2.24) is 20.2 Å². The van der Waals surface area contributed by atoms with Crippen molar-refractivity contribution < 1.29 is 4.79 Å². The minimum atomic E-state index is 0.115. The zero-order chi connectivity index (χ0) is 15.1. The molecule has 0 aliphatic carbocycles. The lowest BCUT2D eigenvalue weighted by atomic mass is 10.1. The molecular formula is C14H22ClN5O. The van der Waals surface area contributed by atoms with Gasteiger partial charge < -0.3 is 10.6 Å². The quantitative estimate of drug-likeness (QED) is 0.834. The fourth-order valence-electron chi connectivity index (χ4n) is 2.38. The number of aromatic nitrogens is 2. The van der Waals surface area contributed by atoms with Crippen LogP contribution >= 0.6 is 11.6 Å². The van der Waals surface area contributed by atoms with Gasteiger partial charge in [-0.15, -0.1) is 0 Å². The zero-order valence-electron chi connectivity index (χ0n) is 12.3. The summed E-state index contributed by atoms with van der Waals surface area (Å²) in [5.41, 5.74) is 0. The number of hydrogen-bond acceptors (Lipinski definition) is 5. The van der Waals surface area contributed by atoms with Crippen molar-refractivity contribution in [3.63, 3.8) is 0 Å². The Hall–Kier alpha value is -1.40. The van der Waals surface area contributed by atoms with E-state index in [1.807, 2.05) is 0 Å². The Kier molecular flexibility index (Phi) is 6.20. The first-order valence-corrected chi connectivity index (χ1v) is 7.78. The van der Waals surface area contributed by atoms with Crippen molar-refractivity contribution in [3.8, 4) is 0 Å². The number of nitrogens with one attached hydrogen (secondary N) is 2. The number of rotatable bonds is 6. The molecule has 1 fully saturated rings. The summed E-state index contributed by atoms with van der Waals surface area (Å²) in [6.07, 6.45) is 6.13. The Labute approximate surface area is 130 Å². The lowest BCUT2D eigenvalue weighted by Crippen LogP contribution is -2.44. The van der Waals surface area contributed by atoms with E-state index in [-0.39, 0.29) is 5.91 Å². The molecule has 1 aromatic heterocycles. The van der Waals surface area contributed by atoms with Crippen LogP contribution in [0.5, 0.6) is 0 Å². The first-order valence-electron chi connectivity index (χ1n) is 7.40. The van der Waals surface area contributed by atoms with Crippen molar-refractivity contribution in [3.05, 3.63) is 17.5 Å². The molecule has 1 aromatic rings. The number of halogens is 1. The molecule has 1 aliphatic rings. The van der Waals surface area contributed by atoms with Crippen LogP contribution in [0.15, 0.2) is 12.4 Å². The molecule has 2 rings (SSSR count). The number of likely N-dealkylation sites (tertiary alicyclic amines) is 1. The summed E-state index contributed by atoms with van der Waals surface area (Å²) in [5.74, 6) is 0.825. The zero-order valence-corrected chi connectivity index (χ0v) is 13.1. The summed E-state index contributed by atoms with van der Waals surface area (Å²) >= 11 is 5.82. The third kappa shape index (κ3) is 5.47. The molecule has 1 saturated heterocycles. The molecule has 6 nitrogen and oxygen atoms in total. The third-order valence-corrected chi connectivity index (χ3v) is 3.67. The number of piperidine rings is 1. The Morgan fingerprint density at radius 3 is 2.86 bits per heavy atom. The highest BCUT2D eigenvalue weighted by Gasteiger charge is 2.20. The Bertz CT molecular complexity index is 462. The van der Waals surface area contributed by atoms with Crippen molar-refractivity contribution in [2.45, 2.75) is 32.2 Å². The minimum absolute atomic E-state index is 0.115. The highest BCUT2D eigenvalue weighted by Crippen LogP contribution is 2.15. The first-order chi connectivity index (χ1) is 10.2. The van der Waals surface area contributed by atoms with E-state index < -0.39 is 0 Å². The van der Waals surface area contributed by atoms with Gasteiger partial charge in [0.2, 0.25) is 5.91 Å². The molecule has 2 N–H and O–H groups in total. The molecule has 0 bridgehead atoms. The van der Waals surface area contributed by atoms with Gasteiger partial charge in [0.1, 0.15) is 11.0 Å². The standard InChI is InChI=1S/C14H22ClN5O/c1-2-5-17-14(21)10-20-6-3-11(4-7-20)18-13-9-16-8-12(15)19-13/h8-9,11H,2-7,10H2,1H3,(H,17,21)(H,18,19). The predicted octanol–water partition coefficient (Wildman–Crippen LogP) is 1.53. The second-order valence-corrected chi connectivity index (χ2v) is 5.66. The van der Waals surface area contributed by atoms with Crippen LogP contribution < -0.4 is 10.6 Å². The van der Waals surface area contributed by atoms with Gasteiger partial charge >= 0.3 is 0 Å². The van der Waals surface area contributed by atoms with Crippen molar-refractivity contribution in [2.75, 3.05) is 31.5 Å². The van der Waals surface area contributed by atoms with Gasteiger partial charge in [-0.1, -0.05) is 18.5 Å². The molecule has 1 amide bonds. The number of nitrogens with zero attached hydrogens (tertiary/aromatic N) is 3. The van der Waals surface area contributed by atoms with E-state index in [1.165, 1.54) is 6.20 Å². The number of amides is 1. The Balaban J connectivity index is 1.72. The molecule has 0 radical (unpaired) electrons. The van der Waals surface area contributed by atoms with Crippen LogP contribution in [-0.2, 0) is 4.79 Å². The van der Waals surface area contributed by atoms with Crippen LogP contribution in [0, 0.1) is 0 Å². The van der Waals surface area contributed by atoms with E-state index in [0.717, 1.165) is 38.9 Å². The summed E-state index contributed by atoms with van der Waals surface area (Å²) < 4.78 is 0. The average molecular weight is 312 g/mol. The Morgan fingerprint density at radius 1 is 1.43 bits per heavy atom. The fraction of sp³-hybridized carbons (Fsp3) is 0.643. The number of hydrogen-bond donors (Lipinski definition) is 2. The van der Waals surface area contributed by atoms with E-state index in [1.54, 1.807) is 6.20 Å². The summed E-state index contributed by atoms with van der Waals surface area (Å²) in [5, 5.41) is 6.65. The molecule has 0 unspecified atom stereocenters. The SMILES string of the molecule is CCCNC(=O)CN1CCC(Nc2cncc(Cl)n2)CC1. The van der Waals surface area contributed by atoms with Gasteiger partial charge in [-0.05, 0) is 19.3 Å². The van der Waals surface area contributed by atoms with E-state index in [4.69, 9.17) is 11.6 Å².